The minimum Gasteiger partial charge on any atom is -0.298 e. The van der Waals surface area contributed by atoms with Gasteiger partial charge in [-0.1, -0.05) is 78.4 Å². The molecule has 0 unspecified atom stereocenters. The van der Waals surface area contributed by atoms with Crippen molar-refractivity contribution in [3.8, 4) is 0 Å². The van der Waals surface area contributed by atoms with E-state index in [4.69, 9.17) is 0 Å². The van der Waals surface area contributed by atoms with E-state index in [0.29, 0.717) is 5.78 Å². The number of hydrogen-bond donors (Lipinski definition) is 0. The lowest BCUT2D eigenvalue weighted by atomic mass is 9.79. The van der Waals surface area contributed by atoms with Gasteiger partial charge in [-0.25, -0.2) is 0 Å². The summed E-state index contributed by atoms with van der Waals surface area (Å²) in [6.07, 6.45) is 5.99. The van der Waals surface area contributed by atoms with Crippen LogP contribution in [0.15, 0.2) is 0 Å². The third kappa shape index (κ3) is 2.44. The van der Waals surface area contributed by atoms with Gasteiger partial charge in [0.05, 0.1) is 8.07 Å². The van der Waals surface area contributed by atoms with Crippen LogP contribution in [0.5, 0.6) is 0 Å². The molecule has 0 amide bonds. The summed E-state index contributed by atoms with van der Waals surface area (Å²) in [4.78, 5) is 13.0. The van der Waals surface area contributed by atoms with Gasteiger partial charge in [-0.15, -0.1) is 0 Å². The van der Waals surface area contributed by atoms with Gasteiger partial charge >= 0.3 is 0 Å². The molecule has 2 saturated carbocycles. The van der Waals surface area contributed by atoms with Crippen molar-refractivity contribution in [2.45, 2.75) is 110 Å². The number of rotatable bonds is 4. The maximum atomic E-state index is 13.0. The first kappa shape index (κ1) is 18.2. The fourth-order valence-electron chi connectivity index (χ4n) is 6.90. The molecule has 128 valence electrons. The van der Waals surface area contributed by atoms with Gasteiger partial charge in [-0.3, -0.25) is 4.79 Å². The van der Waals surface area contributed by atoms with Crippen LogP contribution >= 0.6 is 0 Å². The van der Waals surface area contributed by atoms with E-state index < -0.39 is 8.07 Å². The highest BCUT2D eigenvalue weighted by molar-refractivity contribution is 6.84. The Morgan fingerprint density at radius 2 is 1.41 bits per heavy atom. The number of carbonyl (C=O) groups is 1. The molecule has 1 spiro atoms. The van der Waals surface area contributed by atoms with E-state index in [1.165, 1.54) is 19.3 Å². The lowest BCUT2D eigenvalue weighted by Crippen LogP contribution is -2.48. The second kappa shape index (κ2) is 5.75. The molecule has 2 fully saturated rings. The molecule has 0 N–H and O–H groups in total. The van der Waals surface area contributed by atoms with Gasteiger partial charge in [-0.05, 0) is 31.2 Å². The molecule has 0 bridgehead atoms. The molecule has 2 heteroatoms. The summed E-state index contributed by atoms with van der Waals surface area (Å²) >= 11 is 0. The van der Waals surface area contributed by atoms with Crippen molar-refractivity contribution < 1.29 is 4.79 Å². The quantitative estimate of drug-likeness (QED) is 0.533. The second-order valence-corrected chi connectivity index (χ2v) is 16.2. The van der Waals surface area contributed by atoms with Crippen molar-refractivity contribution in [3.63, 3.8) is 0 Å². The molecule has 0 heterocycles. The largest absolute Gasteiger partial charge is 0.298 e. The molecule has 0 saturated heterocycles. The van der Waals surface area contributed by atoms with Crippen molar-refractivity contribution in [1.82, 2.24) is 0 Å². The number of Topliss-reactive ketones (excluding diaryl/α,β-unsaturated/α-hetero) is 1. The van der Waals surface area contributed by atoms with Gasteiger partial charge in [-0.2, -0.15) is 0 Å². The molecule has 2 rings (SSSR count). The van der Waals surface area contributed by atoms with Gasteiger partial charge in [0.25, 0.3) is 0 Å². The Bertz CT molecular complexity index is 413. The highest BCUT2D eigenvalue weighted by atomic mass is 28.3. The van der Waals surface area contributed by atoms with E-state index in [2.05, 4.69) is 55.4 Å². The maximum Gasteiger partial charge on any atom is 0.144 e. The zero-order chi connectivity index (χ0) is 16.9. The third-order valence-corrected chi connectivity index (χ3v) is 15.5. The summed E-state index contributed by atoms with van der Waals surface area (Å²) in [6.45, 7) is 19.2. The van der Waals surface area contributed by atoms with Crippen LogP contribution in [0.2, 0.25) is 22.2 Å². The Morgan fingerprint density at radius 1 is 0.909 bits per heavy atom. The first-order chi connectivity index (χ1) is 10.0. The van der Waals surface area contributed by atoms with Gasteiger partial charge in [0.15, 0.2) is 0 Å². The summed E-state index contributed by atoms with van der Waals surface area (Å²) in [5.41, 5.74) is 3.30. The third-order valence-electron chi connectivity index (χ3n) is 7.64. The molecule has 2 aliphatic carbocycles. The van der Waals surface area contributed by atoms with Crippen LogP contribution in [0, 0.1) is 10.8 Å². The smallest absolute Gasteiger partial charge is 0.144 e. The molecule has 0 aromatic rings. The van der Waals surface area contributed by atoms with Crippen molar-refractivity contribution in [2.75, 3.05) is 0 Å². The van der Waals surface area contributed by atoms with Gasteiger partial charge in [0.1, 0.15) is 5.78 Å². The molecular weight excluding hydrogens is 284 g/mol. The lowest BCUT2D eigenvalue weighted by Gasteiger charge is -2.48. The van der Waals surface area contributed by atoms with Crippen LogP contribution in [-0.2, 0) is 4.79 Å². The van der Waals surface area contributed by atoms with Crippen LogP contribution in [0.1, 0.15) is 87.5 Å². The SMILES string of the molecule is CC(C)[Si](C(C)C)(C(C)C)[C@@H]1CC[C@]2(CCC(C)(C)C2=O)C1. The van der Waals surface area contributed by atoms with Crippen molar-refractivity contribution >= 4 is 13.9 Å². The van der Waals surface area contributed by atoms with Crippen molar-refractivity contribution in [2.24, 2.45) is 10.8 Å². The van der Waals surface area contributed by atoms with E-state index in [1.807, 2.05) is 0 Å². The topological polar surface area (TPSA) is 17.1 Å². The van der Waals surface area contributed by atoms with Crippen LogP contribution < -0.4 is 0 Å². The molecule has 0 aliphatic heterocycles. The monoisotopic (exact) mass is 322 g/mol. The van der Waals surface area contributed by atoms with Crippen LogP contribution in [0.3, 0.4) is 0 Å². The zero-order valence-corrected chi connectivity index (χ0v) is 17.3. The molecule has 22 heavy (non-hydrogen) atoms. The molecule has 2 aliphatic rings. The molecule has 2 atom stereocenters. The number of hydrogen-bond acceptors (Lipinski definition) is 1. The fraction of sp³-hybridized carbons (Fsp3) is 0.950. The second-order valence-electron chi connectivity index (χ2n) is 9.90. The van der Waals surface area contributed by atoms with Crippen LogP contribution in [0.25, 0.3) is 0 Å². The van der Waals surface area contributed by atoms with Gasteiger partial charge in [0, 0.05) is 10.8 Å². The Labute approximate surface area is 139 Å². The maximum absolute atomic E-state index is 13.0. The van der Waals surface area contributed by atoms with E-state index >= 15 is 0 Å². The lowest BCUT2D eigenvalue weighted by molar-refractivity contribution is -0.132. The average Bonchev–Trinajstić information content (AvgIpc) is 2.89. The Morgan fingerprint density at radius 3 is 1.77 bits per heavy atom. The molecular formula is C20H38OSi. The summed E-state index contributed by atoms with van der Waals surface area (Å²) in [7, 11) is -1.42. The zero-order valence-electron chi connectivity index (χ0n) is 16.3. The van der Waals surface area contributed by atoms with Gasteiger partial charge < -0.3 is 0 Å². The van der Waals surface area contributed by atoms with Gasteiger partial charge in [0.2, 0.25) is 0 Å². The van der Waals surface area contributed by atoms with Crippen LogP contribution in [0.4, 0.5) is 0 Å². The standard InChI is InChI=1S/C20H38OSi/c1-14(2)22(15(3)4,16(5)6)17-9-10-20(13-17)12-11-19(7,8)18(20)21/h14-17H,9-13H2,1-8H3/t17-,20+/m1/s1. The Balaban J connectivity index is 2.33. The minimum absolute atomic E-state index is 0.0606. The first-order valence-electron chi connectivity index (χ1n) is 9.55. The fourth-order valence-corrected chi connectivity index (χ4v) is 15.1. The molecule has 0 aromatic carbocycles. The molecule has 0 aromatic heterocycles. The summed E-state index contributed by atoms with van der Waals surface area (Å²) < 4.78 is 0. The van der Waals surface area contributed by atoms with E-state index in [0.717, 1.165) is 35.0 Å². The summed E-state index contributed by atoms with van der Waals surface area (Å²) in [5.74, 6) is 0.599. The first-order valence-corrected chi connectivity index (χ1v) is 11.9. The Kier molecular flexibility index (Phi) is 4.77. The van der Waals surface area contributed by atoms with E-state index in [9.17, 15) is 4.79 Å². The molecule has 1 nitrogen and oxygen atoms in total. The van der Waals surface area contributed by atoms with Crippen LogP contribution in [-0.4, -0.2) is 13.9 Å². The predicted molar refractivity (Wildman–Crippen MR) is 99.1 cm³/mol. The number of carbonyl (C=O) groups excluding carboxylic acids is 1. The van der Waals surface area contributed by atoms with E-state index in [1.54, 1.807) is 0 Å². The van der Waals surface area contributed by atoms with E-state index in [-0.39, 0.29) is 10.8 Å². The highest BCUT2D eigenvalue weighted by Crippen LogP contribution is 2.64. The Hall–Kier alpha value is -0.113. The predicted octanol–water partition coefficient (Wildman–Crippen LogP) is 6.59. The minimum atomic E-state index is -1.42. The van der Waals surface area contributed by atoms with Crippen molar-refractivity contribution in [3.05, 3.63) is 0 Å². The normalized spacial score (nSPS) is 32.1. The van der Waals surface area contributed by atoms with Crippen molar-refractivity contribution in [1.29, 1.82) is 0 Å². The summed E-state index contributed by atoms with van der Waals surface area (Å²) in [5, 5.41) is 0. The number of ketones is 1. The molecule has 0 radical (unpaired) electrons. The highest BCUT2D eigenvalue weighted by Gasteiger charge is 2.60. The average molecular weight is 323 g/mol. The summed E-state index contributed by atoms with van der Waals surface area (Å²) in [6, 6.07) is 0.